The summed E-state index contributed by atoms with van der Waals surface area (Å²) in [5.74, 6) is -2.01. The van der Waals surface area contributed by atoms with Gasteiger partial charge in [-0.2, -0.15) is 0 Å². The molecule has 0 spiro atoms. The Kier molecular flexibility index (Phi) is 5.55. The SMILES string of the molecule is C=C(C(=O)c1ccc2ncsc2c1)C(CC1=Nc2ccc(F)cc2C1)C(=O)OCC. The Labute approximate surface area is 176 Å². The normalized spacial score (nSPS) is 13.6. The first-order chi connectivity index (χ1) is 14.5. The molecule has 1 aliphatic rings. The lowest BCUT2D eigenvalue weighted by molar-refractivity contribution is -0.146. The van der Waals surface area contributed by atoms with Crippen LogP contribution in [0.25, 0.3) is 10.2 Å². The summed E-state index contributed by atoms with van der Waals surface area (Å²) >= 11 is 1.44. The fourth-order valence-electron chi connectivity index (χ4n) is 3.52. The maximum atomic E-state index is 13.5. The Balaban J connectivity index is 1.58. The summed E-state index contributed by atoms with van der Waals surface area (Å²) in [5, 5.41) is 0. The van der Waals surface area contributed by atoms with Gasteiger partial charge in [-0.25, -0.2) is 9.37 Å². The van der Waals surface area contributed by atoms with Crippen LogP contribution in [0, 0.1) is 11.7 Å². The van der Waals surface area contributed by atoms with E-state index in [1.165, 1.54) is 23.5 Å². The number of aromatic nitrogens is 1. The molecule has 0 N–H and O–H groups in total. The van der Waals surface area contributed by atoms with E-state index in [0.29, 0.717) is 23.4 Å². The topological polar surface area (TPSA) is 68.6 Å². The maximum absolute atomic E-state index is 13.5. The lowest BCUT2D eigenvalue weighted by atomic mass is 9.88. The van der Waals surface area contributed by atoms with Gasteiger partial charge in [-0.05, 0) is 48.9 Å². The van der Waals surface area contributed by atoms with Gasteiger partial charge in [0.25, 0.3) is 0 Å². The van der Waals surface area contributed by atoms with E-state index in [-0.39, 0.29) is 30.2 Å². The van der Waals surface area contributed by atoms with E-state index in [4.69, 9.17) is 4.74 Å². The molecule has 152 valence electrons. The van der Waals surface area contributed by atoms with Gasteiger partial charge in [-0.1, -0.05) is 6.58 Å². The van der Waals surface area contributed by atoms with Crippen LogP contribution < -0.4 is 0 Å². The average Bonchev–Trinajstić information content (AvgIpc) is 3.36. The highest BCUT2D eigenvalue weighted by atomic mass is 32.1. The van der Waals surface area contributed by atoms with E-state index >= 15 is 0 Å². The molecule has 0 amide bonds. The van der Waals surface area contributed by atoms with Crippen LogP contribution in [-0.4, -0.2) is 29.1 Å². The van der Waals surface area contributed by atoms with Gasteiger partial charge in [0.15, 0.2) is 5.78 Å². The molecule has 0 aliphatic carbocycles. The van der Waals surface area contributed by atoms with Crippen LogP contribution in [0.2, 0.25) is 0 Å². The molecule has 0 bridgehead atoms. The van der Waals surface area contributed by atoms with Crippen molar-refractivity contribution in [2.45, 2.75) is 19.8 Å². The summed E-state index contributed by atoms with van der Waals surface area (Å²) in [6.45, 7) is 5.84. The summed E-state index contributed by atoms with van der Waals surface area (Å²) in [7, 11) is 0. The number of ether oxygens (including phenoxy) is 1. The highest BCUT2D eigenvalue weighted by Gasteiger charge is 2.31. The van der Waals surface area contributed by atoms with Crippen molar-refractivity contribution < 1.29 is 18.7 Å². The number of carbonyl (C=O) groups excluding carboxylic acids is 2. The van der Waals surface area contributed by atoms with Crippen LogP contribution in [0.5, 0.6) is 0 Å². The van der Waals surface area contributed by atoms with Crippen LogP contribution in [-0.2, 0) is 16.0 Å². The first-order valence-corrected chi connectivity index (χ1v) is 10.4. The van der Waals surface area contributed by atoms with Crippen molar-refractivity contribution in [3.63, 3.8) is 0 Å². The van der Waals surface area contributed by atoms with Gasteiger partial charge < -0.3 is 4.74 Å². The Hall–Kier alpha value is -3.19. The molecule has 2 aromatic carbocycles. The van der Waals surface area contributed by atoms with Crippen molar-refractivity contribution in [2.75, 3.05) is 6.61 Å². The van der Waals surface area contributed by atoms with Crippen molar-refractivity contribution in [3.8, 4) is 0 Å². The minimum Gasteiger partial charge on any atom is -0.466 e. The zero-order valence-corrected chi connectivity index (χ0v) is 17.2. The van der Waals surface area contributed by atoms with Crippen LogP contribution in [0.1, 0.15) is 29.3 Å². The summed E-state index contributed by atoms with van der Waals surface area (Å²) in [6, 6.07) is 9.62. The smallest absolute Gasteiger partial charge is 0.313 e. The summed E-state index contributed by atoms with van der Waals surface area (Å²) in [5.41, 5.74) is 5.28. The van der Waals surface area contributed by atoms with Crippen molar-refractivity contribution >= 4 is 44.7 Å². The van der Waals surface area contributed by atoms with Crippen LogP contribution in [0.4, 0.5) is 10.1 Å². The van der Waals surface area contributed by atoms with E-state index in [0.717, 1.165) is 15.8 Å². The number of fused-ring (bicyclic) bond motifs is 2. The van der Waals surface area contributed by atoms with Crippen molar-refractivity contribution in [1.29, 1.82) is 0 Å². The molecule has 30 heavy (non-hydrogen) atoms. The van der Waals surface area contributed by atoms with Crippen molar-refractivity contribution in [1.82, 2.24) is 4.98 Å². The zero-order valence-electron chi connectivity index (χ0n) is 16.4. The molecule has 0 fully saturated rings. The van der Waals surface area contributed by atoms with Gasteiger partial charge in [0.05, 0.1) is 33.9 Å². The highest BCUT2D eigenvalue weighted by molar-refractivity contribution is 7.16. The van der Waals surface area contributed by atoms with E-state index in [1.807, 2.05) is 0 Å². The number of esters is 1. The molecular weight excluding hydrogens is 403 g/mol. The minimum absolute atomic E-state index is 0.155. The second kappa shape index (κ2) is 8.28. The second-order valence-electron chi connectivity index (χ2n) is 7.03. The lowest BCUT2D eigenvalue weighted by Crippen LogP contribution is -2.26. The molecule has 7 heteroatoms. The summed E-state index contributed by atoms with van der Waals surface area (Å²) in [4.78, 5) is 34.5. The number of hydrogen-bond donors (Lipinski definition) is 0. The number of ketones is 1. The molecule has 1 aliphatic heterocycles. The molecular formula is C23H19FN2O3S. The lowest BCUT2D eigenvalue weighted by Gasteiger charge is -2.17. The number of Topliss-reactive ketones (excluding diaryl/α,β-unsaturated/α-hetero) is 1. The average molecular weight is 422 g/mol. The molecule has 5 nitrogen and oxygen atoms in total. The molecule has 1 atom stereocenters. The van der Waals surface area contributed by atoms with Gasteiger partial charge in [0.1, 0.15) is 5.82 Å². The number of hydrogen-bond acceptors (Lipinski definition) is 6. The van der Waals surface area contributed by atoms with Gasteiger partial charge in [-0.3, -0.25) is 14.6 Å². The van der Waals surface area contributed by atoms with Crippen LogP contribution >= 0.6 is 11.3 Å². The standard InChI is InChI=1S/C23H19FN2O3S/c1-3-29-23(28)18(11-17-9-15-8-16(24)5-7-19(15)26-17)13(2)22(27)14-4-6-20-21(10-14)30-12-25-20/h4-8,10,12,18H,2-3,9,11H2,1H3. The number of thiazole rings is 1. The number of benzene rings is 2. The van der Waals surface area contributed by atoms with E-state index in [9.17, 15) is 14.0 Å². The first-order valence-electron chi connectivity index (χ1n) is 9.54. The number of aliphatic imine (C=N–C) groups is 1. The van der Waals surface area contributed by atoms with Crippen molar-refractivity contribution in [2.24, 2.45) is 10.9 Å². The molecule has 1 aromatic heterocycles. The number of nitrogens with zero attached hydrogens (tertiary/aromatic N) is 2. The highest BCUT2D eigenvalue weighted by Crippen LogP contribution is 2.31. The van der Waals surface area contributed by atoms with E-state index in [1.54, 1.807) is 36.7 Å². The number of halogens is 1. The molecule has 0 radical (unpaired) electrons. The van der Waals surface area contributed by atoms with Gasteiger partial charge in [0, 0.05) is 29.7 Å². The van der Waals surface area contributed by atoms with Crippen LogP contribution in [0.3, 0.4) is 0 Å². The summed E-state index contributed by atoms with van der Waals surface area (Å²) < 4.78 is 19.6. The fourth-order valence-corrected chi connectivity index (χ4v) is 4.24. The Bertz CT molecular complexity index is 1200. The third-order valence-electron chi connectivity index (χ3n) is 5.03. The van der Waals surface area contributed by atoms with Crippen LogP contribution in [0.15, 0.2) is 59.1 Å². The molecule has 0 saturated carbocycles. The molecule has 1 unspecified atom stereocenters. The number of carbonyl (C=O) groups is 2. The number of rotatable bonds is 7. The molecule has 2 heterocycles. The molecule has 3 aromatic rings. The van der Waals surface area contributed by atoms with E-state index < -0.39 is 11.9 Å². The van der Waals surface area contributed by atoms with Gasteiger partial charge in [-0.15, -0.1) is 11.3 Å². The van der Waals surface area contributed by atoms with Gasteiger partial charge >= 0.3 is 5.97 Å². The van der Waals surface area contributed by atoms with Crippen molar-refractivity contribution in [3.05, 3.63) is 71.0 Å². The predicted octanol–water partition coefficient (Wildman–Crippen LogP) is 5.07. The molecule has 4 rings (SSSR count). The third-order valence-corrected chi connectivity index (χ3v) is 5.82. The quantitative estimate of drug-likeness (QED) is 0.303. The molecule has 0 saturated heterocycles. The fraction of sp³-hybridized carbons (Fsp3) is 0.217. The Morgan fingerprint density at radius 2 is 2.10 bits per heavy atom. The third kappa shape index (κ3) is 3.93. The monoisotopic (exact) mass is 422 g/mol. The second-order valence-corrected chi connectivity index (χ2v) is 7.91. The van der Waals surface area contributed by atoms with E-state index in [2.05, 4.69) is 16.6 Å². The maximum Gasteiger partial charge on any atom is 0.313 e. The first kappa shape index (κ1) is 20.1. The zero-order chi connectivity index (χ0) is 21.3. The Morgan fingerprint density at radius 3 is 2.90 bits per heavy atom. The predicted molar refractivity (Wildman–Crippen MR) is 115 cm³/mol. The van der Waals surface area contributed by atoms with Gasteiger partial charge in [0.2, 0.25) is 0 Å². The summed E-state index contributed by atoms with van der Waals surface area (Å²) in [6.07, 6.45) is 0.625. The minimum atomic E-state index is -0.854. The Morgan fingerprint density at radius 1 is 1.27 bits per heavy atom. The largest absolute Gasteiger partial charge is 0.466 e.